The lowest BCUT2D eigenvalue weighted by Crippen LogP contribution is -2.50. The van der Waals surface area contributed by atoms with E-state index in [1.165, 1.54) is 45.1 Å². The van der Waals surface area contributed by atoms with Gasteiger partial charge in [0.15, 0.2) is 5.82 Å². The smallest absolute Gasteiger partial charge is 0.240 e. The lowest BCUT2D eigenvalue weighted by atomic mass is 9.49. The Morgan fingerprint density at radius 1 is 1.19 bits per heavy atom. The van der Waals surface area contributed by atoms with Gasteiger partial charge in [-0.05, 0) is 68.7 Å². The van der Waals surface area contributed by atoms with Crippen molar-refractivity contribution >= 4 is 0 Å². The normalized spacial score (nSPS) is 37.6. The van der Waals surface area contributed by atoms with Crippen LogP contribution in [0.2, 0.25) is 0 Å². The molecular weight excluding hydrogens is 264 g/mol. The minimum atomic E-state index is 0.325. The highest BCUT2D eigenvalue weighted by atomic mass is 16.5. The fourth-order valence-electron chi connectivity index (χ4n) is 5.79. The molecule has 4 aliphatic carbocycles. The fraction of sp³-hybridized carbons (Fsp3) is 0.875. The maximum atomic E-state index is 5.52. The van der Waals surface area contributed by atoms with Gasteiger partial charge in [-0.3, -0.25) is 4.90 Å². The highest BCUT2D eigenvalue weighted by molar-refractivity contribution is 5.02. The van der Waals surface area contributed by atoms with Gasteiger partial charge in [-0.1, -0.05) is 5.16 Å². The van der Waals surface area contributed by atoms with Gasteiger partial charge in [0.1, 0.15) is 0 Å². The van der Waals surface area contributed by atoms with Crippen LogP contribution in [0.25, 0.3) is 0 Å². The molecule has 4 aliphatic rings. The molecule has 0 atom stereocenters. The van der Waals surface area contributed by atoms with Crippen molar-refractivity contribution in [3.63, 3.8) is 0 Å². The molecule has 0 spiro atoms. The zero-order valence-electron chi connectivity index (χ0n) is 12.9. The molecule has 4 fully saturated rings. The standard InChI is InChI=1S/C16H26N4O/c1-20(9-14-18-15(8-17)21-19-14)10-16-5-11-2-12(6-16)4-13(3-11)7-16/h11-13H,2-10,17H2,1H3. The summed E-state index contributed by atoms with van der Waals surface area (Å²) in [5.41, 5.74) is 6.09. The van der Waals surface area contributed by atoms with Crippen molar-refractivity contribution in [1.29, 1.82) is 0 Å². The minimum Gasteiger partial charge on any atom is -0.338 e. The zero-order chi connectivity index (χ0) is 14.4. The Kier molecular flexibility index (Phi) is 3.30. The summed E-state index contributed by atoms with van der Waals surface area (Å²) in [7, 11) is 2.19. The molecule has 5 heteroatoms. The van der Waals surface area contributed by atoms with Crippen molar-refractivity contribution in [2.24, 2.45) is 28.9 Å². The van der Waals surface area contributed by atoms with Gasteiger partial charge in [0.25, 0.3) is 0 Å². The summed E-state index contributed by atoms with van der Waals surface area (Å²) in [5, 5.41) is 4.01. The molecule has 0 radical (unpaired) electrons. The van der Waals surface area contributed by atoms with Crippen LogP contribution in [-0.2, 0) is 13.1 Å². The number of hydrogen-bond acceptors (Lipinski definition) is 5. The SMILES string of the molecule is CN(Cc1noc(CN)n1)CC12CC3CC(CC(C3)C1)C2. The second-order valence-corrected chi connectivity index (χ2v) is 7.90. The van der Waals surface area contributed by atoms with Gasteiger partial charge in [-0.2, -0.15) is 4.98 Å². The summed E-state index contributed by atoms with van der Waals surface area (Å²) >= 11 is 0. The Balaban J connectivity index is 1.41. The Bertz CT molecular complexity index is 477. The third-order valence-corrected chi connectivity index (χ3v) is 5.87. The first kappa shape index (κ1) is 13.7. The first-order valence-corrected chi connectivity index (χ1v) is 8.34. The summed E-state index contributed by atoms with van der Waals surface area (Å²) in [6, 6.07) is 0. The molecule has 5 nitrogen and oxygen atoms in total. The van der Waals surface area contributed by atoms with E-state index in [1.54, 1.807) is 0 Å². The van der Waals surface area contributed by atoms with E-state index >= 15 is 0 Å². The van der Waals surface area contributed by atoms with E-state index < -0.39 is 0 Å². The first-order valence-electron chi connectivity index (χ1n) is 8.34. The topological polar surface area (TPSA) is 68.2 Å². The van der Waals surface area contributed by atoms with Gasteiger partial charge in [0, 0.05) is 6.54 Å². The summed E-state index contributed by atoms with van der Waals surface area (Å²) in [4.78, 5) is 6.71. The van der Waals surface area contributed by atoms with Crippen LogP contribution in [0.3, 0.4) is 0 Å². The van der Waals surface area contributed by atoms with Gasteiger partial charge in [0.05, 0.1) is 13.1 Å². The Hall–Kier alpha value is -0.940. The predicted octanol–water partition coefficient (Wildman–Crippen LogP) is 2.18. The van der Waals surface area contributed by atoms with Crippen LogP contribution in [0.4, 0.5) is 0 Å². The van der Waals surface area contributed by atoms with Crippen molar-refractivity contribution in [1.82, 2.24) is 15.0 Å². The zero-order valence-corrected chi connectivity index (χ0v) is 12.9. The molecule has 4 bridgehead atoms. The van der Waals surface area contributed by atoms with Gasteiger partial charge >= 0.3 is 0 Å². The number of rotatable bonds is 5. The summed E-state index contributed by atoms with van der Waals surface area (Å²) in [6.07, 6.45) is 8.87. The monoisotopic (exact) mass is 290 g/mol. The second-order valence-electron chi connectivity index (χ2n) is 7.90. The highest BCUT2D eigenvalue weighted by Gasteiger charge is 2.50. The van der Waals surface area contributed by atoms with E-state index in [0.717, 1.165) is 30.1 Å². The van der Waals surface area contributed by atoms with E-state index in [4.69, 9.17) is 10.3 Å². The van der Waals surface area contributed by atoms with Crippen molar-refractivity contribution in [2.45, 2.75) is 51.6 Å². The predicted molar refractivity (Wildman–Crippen MR) is 79.1 cm³/mol. The van der Waals surface area contributed by atoms with Crippen molar-refractivity contribution in [3.8, 4) is 0 Å². The summed E-state index contributed by atoms with van der Waals surface area (Å²) in [6.45, 7) is 2.28. The average Bonchev–Trinajstić information content (AvgIpc) is 2.83. The molecule has 116 valence electrons. The Morgan fingerprint density at radius 2 is 1.81 bits per heavy atom. The van der Waals surface area contributed by atoms with Crippen LogP contribution in [0.15, 0.2) is 4.52 Å². The lowest BCUT2D eigenvalue weighted by Gasteiger charge is -2.57. The van der Waals surface area contributed by atoms with Gasteiger partial charge < -0.3 is 10.3 Å². The van der Waals surface area contributed by atoms with Crippen LogP contribution in [0, 0.1) is 23.2 Å². The van der Waals surface area contributed by atoms with Gasteiger partial charge in [-0.25, -0.2) is 0 Å². The molecular formula is C16H26N4O. The third-order valence-electron chi connectivity index (χ3n) is 5.87. The van der Waals surface area contributed by atoms with Crippen LogP contribution in [0.1, 0.15) is 50.2 Å². The Labute approximate surface area is 126 Å². The highest BCUT2D eigenvalue weighted by Crippen LogP contribution is 2.60. The minimum absolute atomic E-state index is 0.325. The van der Waals surface area contributed by atoms with E-state index in [1.807, 2.05) is 0 Å². The van der Waals surface area contributed by atoms with E-state index in [-0.39, 0.29) is 0 Å². The van der Waals surface area contributed by atoms with Crippen LogP contribution < -0.4 is 5.73 Å². The molecule has 1 aromatic heterocycles. The van der Waals surface area contributed by atoms with Crippen LogP contribution >= 0.6 is 0 Å². The molecule has 0 amide bonds. The molecule has 0 aromatic carbocycles. The lowest BCUT2D eigenvalue weighted by molar-refractivity contribution is -0.0672. The molecule has 5 rings (SSSR count). The summed E-state index contributed by atoms with van der Waals surface area (Å²) < 4.78 is 5.10. The quantitative estimate of drug-likeness (QED) is 0.900. The molecule has 2 N–H and O–H groups in total. The number of aromatic nitrogens is 2. The van der Waals surface area contributed by atoms with Crippen LogP contribution in [0.5, 0.6) is 0 Å². The second kappa shape index (κ2) is 5.06. The molecule has 1 aromatic rings. The van der Waals surface area contributed by atoms with Crippen molar-refractivity contribution < 1.29 is 4.52 Å². The number of nitrogens with zero attached hydrogens (tertiary/aromatic N) is 3. The molecule has 21 heavy (non-hydrogen) atoms. The average molecular weight is 290 g/mol. The molecule has 1 heterocycles. The van der Waals surface area contributed by atoms with Gasteiger partial charge in [0.2, 0.25) is 5.89 Å². The number of hydrogen-bond donors (Lipinski definition) is 1. The molecule has 0 aliphatic heterocycles. The maximum Gasteiger partial charge on any atom is 0.240 e. The maximum absolute atomic E-state index is 5.52. The van der Waals surface area contributed by atoms with E-state index in [2.05, 4.69) is 22.1 Å². The molecule has 0 unspecified atom stereocenters. The van der Waals surface area contributed by atoms with E-state index in [9.17, 15) is 0 Å². The molecule has 4 saturated carbocycles. The number of nitrogens with two attached hydrogens (primary N) is 1. The third kappa shape index (κ3) is 2.61. The van der Waals surface area contributed by atoms with Gasteiger partial charge in [-0.15, -0.1) is 0 Å². The van der Waals surface area contributed by atoms with Crippen molar-refractivity contribution in [2.75, 3.05) is 13.6 Å². The Morgan fingerprint density at radius 3 is 2.33 bits per heavy atom. The fourth-order valence-corrected chi connectivity index (χ4v) is 5.79. The van der Waals surface area contributed by atoms with E-state index in [0.29, 0.717) is 17.9 Å². The molecule has 0 saturated heterocycles. The van der Waals surface area contributed by atoms with Crippen LogP contribution in [-0.4, -0.2) is 28.6 Å². The first-order chi connectivity index (χ1) is 10.1. The van der Waals surface area contributed by atoms with Crippen molar-refractivity contribution in [3.05, 3.63) is 11.7 Å². The summed E-state index contributed by atoms with van der Waals surface area (Å²) in [5.74, 6) is 4.34. The largest absolute Gasteiger partial charge is 0.338 e.